The van der Waals surface area contributed by atoms with Crippen LogP contribution in [0.2, 0.25) is 0 Å². The minimum atomic E-state index is 0.381. The Labute approximate surface area is 118 Å². The third-order valence-electron chi connectivity index (χ3n) is 4.11. The van der Waals surface area contributed by atoms with E-state index in [2.05, 4.69) is 36.1 Å². The topological polar surface area (TPSA) is 42.2 Å². The minimum Gasteiger partial charge on any atom is -0.329 e. The van der Waals surface area contributed by atoms with E-state index < -0.39 is 0 Å². The smallest absolute Gasteiger partial charge is 0.111 e. The summed E-state index contributed by atoms with van der Waals surface area (Å²) >= 11 is 1.82. The van der Waals surface area contributed by atoms with E-state index >= 15 is 0 Å². The summed E-state index contributed by atoms with van der Waals surface area (Å²) in [4.78, 5) is 7.34. The predicted molar refractivity (Wildman–Crippen MR) is 81.4 cm³/mol. The van der Waals surface area contributed by atoms with E-state index in [4.69, 9.17) is 10.7 Å². The van der Waals surface area contributed by atoms with Gasteiger partial charge in [-0.15, -0.1) is 11.3 Å². The van der Waals surface area contributed by atoms with Gasteiger partial charge >= 0.3 is 0 Å². The molecule has 2 heterocycles. The normalized spacial score (nSPS) is 22.7. The number of rotatable bonds is 3. The highest BCUT2D eigenvalue weighted by molar-refractivity contribution is 7.18. The number of hydrogen-bond acceptors (Lipinski definition) is 4. The van der Waals surface area contributed by atoms with Crippen molar-refractivity contribution >= 4 is 21.6 Å². The summed E-state index contributed by atoms with van der Waals surface area (Å²) < 4.78 is 1.28. The molecule has 2 unspecified atom stereocenters. The maximum atomic E-state index is 5.93. The maximum Gasteiger partial charge on any atom is 0.111 e. The Morgan fingerprint density at radius 3 is 3.05 bits per heavy atom. The number of likely N-dealkylation sites (tertiary alicyclic amines) is 1. The molecule has 0 spiro atoms. The van der Waals surface area contributed by atoms with Gasteiger partial charge in [0, 0.05) is 12.6 Å². The van der Waals surface area contributed by atoms with Crippen LogP contribution in [-0.4, -0.2) is 29.0 Å². The van der Waals surface area contributed by atoms with Crippen molar-refractivity contribution in [3.05, 3.63) is 29.3 Å². The van der Waals surface area contributed by atoms with Gasteiger partial charge in [0.1, 0.15) is 5.01 Å². The van der Waals surface area contributed by atoms with Crippen molar-refractivity contribution in [2.75, 3.05) is 13.1 Å². The van der Waals surface area contributed by atoms with Gasteiger partial charge < -0.3 is 5.73 Å². The first kappa shape index (κ1) is 13.0. The molecule has 0 radical (unpaired) electrons. The van der Waals surface area contributed by atoms with Gasteiger partial charge in [-0.1, -0.05) is 18.6 Å². The Morgan fingerprint density at radius 1 is 1.42 bits per heavy atom. The van der Waals surface area contributed by atoms with E-state index in [0.29, 0.717) is 12.1 Å². The van der Waals surface area contributed by atoms with E-state index in [1.807, 2.05) is 11.3 Å². The second kappa shape index (κ2) is 5.57. The van der Waals surface area contributed by atoms with Gasteiger partial charge in [0.05, 0.1) is 16.3 Å². The molecule has 19 heavy (non-hydrogen) atoms. The molecule has 0 amide bonds. The van der Waals surface area contributed by atoms with Crippen LogP contribution < -0.4 is 5.73 Å². The number of aromatic nitrogens is 1. The van der Waals surface area contributed by atoms with E-state index in [9.17, 15) is 0 Å². The molecule has 2 aromatic rings. The van der Waals surface area contributed by atoms with Crippen LogP contribution in [0.25, 0.3) is 10.2 Å². The molecule has 3 rings (SSSR count). The third kappa shape index (κ3) is 2.53. The van der Waals surface area contributed by atoms with Crippen LogP contribution in [0.4, 0.5) is 0 Å². The lowest BCUT2D eigenvalue weighted by molar-refractivity contribution is 0.108. The lowest BCUT2D eigenvalue weighted by Gasteiger charge is -2.38. The van der Waals surface area contributed by atoms with Gasteiger partial charge in [-0.05, 0) is 38.4 Å². The number of hydrogen-bond donors (Lipinski definition) is 1. The largest absolute Gasteiger partial charge is 0.329 e. The Bertz CT molecular complexity index is 518. The molecule has 1 fully saturated rings. The van der Waals surface area contributed by atoms with Crippen LogP contribution in [-0.2, 0) is 0 Å². The zero-order valence-corrected chi connectivity index (χ0v) is 12.2. The maximum absolute atomic E-state index is 5.93. The fraction of sp³-hybridized carbons (Fsp3) is 0.533. The summed E-state index contributed by atoms with van der Waals surface area (Å²) in [7, 11) is 0. The number of benzene rings is 1. The van der Waals surface area contributed by atoms with Gasteiger partial charge in [0.15, 0.2) is 0 Å². The molecule has 2 atom stereocenters. The molecule has 1 aromatic heterocycles. The van der Waals surface area contributed by atoms with E-state index in [1.54, 1.807) is 0 Å². The summed E-state index contributed by atoms with van der Waals surface area (Å²) in [6, 6.07) is 9.29. The number of thiazole rings is 1. The molecule has 1 saturated heterocycles. The number of nitrogens with two attached hydrogens (primary N) is 1. The van der Waals surface area contributed by atoms with Crippen molar-refractivity contribution in [2.24, 2.45) is 5.73 Å². The lowest BCUT2D eigenvalue weighted by atomic mass is 10.0. The number of fused-ring (bicyclic) bond motifs is 1. The average Bonchev–Trinajstić information content (AvgIpc) is 2.90. The molecule has 2 N–H and O–H groups in total. The van der Waals surface area contributed by atoms with Crippen LogP contribution in [0.15, 0.2) is 24.3 Å². The second-order valence-electron chi connectivity index (χ2n) is 5.32. The van der Waals surface area contributed by atoms with E-state index in [0.717, 1.165) is 18.6 Å². The molecule has 102 valence electrons. The summed E-state index contributed by atoms with van der Waals surface area (Å²) in [5, 5.41) is 1.22. The summed E-state index contributed by atoms with van der Waals surface area (Å²) in [6.07, 6.45) is 3.82. The SMILES string of the molecule is CC(c1nc2ccccc2s1)N1CCCCC1CN. The highest BCUT2D eigenvalue weighted by atomic mass is 32.1. The zero-order valence-electron chi connectivity index (χ0n) is 11.4. The molecule has 0 saturated carbocycles. The van der Waals surface area contributed by atoms with Gasteiger partial charge in [-0.2, -0.15) is 0 Å². The Kier molecular flexibility index (Phi) is 3.82. The lowest BCUT2D eigenvalue weighted by Crippen LogP contribution is -2.45. The van der Waals surface area contributed by atoms with Crippen LogP contribution in [0.3, 0.4) is 0 Å². The second-order valence-corrected chi connectivity index (χ2v) is 6.38. The van der Waals surface area contributed by atoms with E-state index in [1.165, 1.54) is 29.0 Å². The number of piperidine rings is 1. The van der Waals surface area contributed by atoms with Crippen molar-refractivity contribution in [1.29, 1.82) is 0 Å². The standard InChI is InChI=1S/C15H21N3S/c1-11(18-9-5-4-6-12(18)10-16)15-17-13-7-2-3-8-14(13)19-15/h2-3,7-8,11-12H,4-6,9-10,16H2,1H3. The van der Waals surface area contributed by atoms with Crippen LogP contribution >= 0.6 is 11.3 Å². The number of nitrogens with zero attached hydrogens (tertiary/aromatic N) is 2. The minimum absolute atomic E-state index is 0.381. The van der Waals surface area contributed by atoms with Crippen LogP contribution in [0.1, 0.15) is 37.2 Å². The first-order valence-electron chi connectivity index (χ1n) is 7.11. The first-order chi connectivity index (χ1) is 9.29. The fourth-order valence-corrected chi connectivity index (χ4v) is 4.04. The van der Waals surface area contributed by atoms with Crippen molar-refractivity contribution in [2.45, 2.75) is 38.3 Å². The van der Waals surface area contributed by atoms with Gasteiger partial charge in [0.2, 0.25) is 0 Å². The molecule has 3 nitrogen and oxygen atoms in total. The third-order valence-corrected chi connectivity index (χ3v) is 5.32. The summed E-state index contributed by atoms with van der Waals surface area (Å²) in [6.45, 7) is 4.18. The van der Waals surface area contributed by atoms with Crippen molar-refractivity contribution in [1.82, 2.24) is 9.88 Å². The molecular weight excluding hydrogens is 254 g/mol. The predicted octanol–water partition coefficient (Wildman–Crippen LogP) is 3.17. The van der Waals surface area contributed by atoms with Gasteiger partial charge in [-0.3, -0.25) is 4.90 Å². The molecule has 0 bridgehead atoms. The highest BCUT2D eigenvalue weighted by Gasteiger charge is 2.27. The van der Waals surface area contributed by atoms with Crippen molar-refractivity contribution in [3.8, 4) is 0 Å². The monoisotopic (exact) mass is 275 g/mol. The van der Waals surface area contributed by atoms with Gasteiger partial charge in [0.25, 0.3) is 0 Å². The van der Waals surface area contributed by atoms with Crippen LogP contribution in [0.5, 0.6) is 0 Å². The van der Waals surface area contributed by atoms with Crippen LogP contribution in [0, 0.1) is 0 Å². The molecule has 1 aliphatic rings. The van der Waals surface area contributed by atoms with E-state index in [-0.39, 0.29) is 0 Å². The van der Waals surface area contributed by atoms with Crippen molar-refractivity contribution < 1.29 is 0 Å². The summed E-state index contributed by atoms with van der Waals surface area (Å²) in [5.41, 5.74) is 7.05. The molecule has 1 aromatic carbocycles. The quantitative estimate of drug-likeness (QED) is 0.935. The highest BCUT2D eigenvalue weighted by Crippen LogP contribution is 2.32. The Balaban J connectivity index is 1.87. The fourth-order valence-electron chi connectivity index (χ4n) is 3.00. The zero-order chi connectivity index (χ0) is 13.2. The van der Waals surface area contributed by atoms with Crippen molar-refractivity contribution in [3.63, 3.8) is 0 Å². The Morgan fingerprint density at radius 2 is 2.26 bits per heavy atom. The summed E-state index contributed by atoms with van der Waals surface area (Å²) in [5.74, 6) is 0. The Hall–Kier alpha value is -0.970. The van der Waals surface area contributed by atoms with Gasteiger partial charge in [-0.25, -0.2) is 4.98 Å². The molecular formula is C15H21N3S. The molecule has 1 aliphatic heterocycles. The first-order valence-corrected chi connectivity index (χ1v) is 7.92. The molecule has 4 heteroatoms. The molecule has 0 aliphatic carbocycles. The average molecular weight is 275 g/mol. The number of para-hydroxylation sites is 1.